The zero-order valence-corrected chi connectivity index (χ0v) is 18.2. The molecule has 2 N–H and O–H groups in total. The second-order valence-corrected chi connectivity index (χ2v) is 7.71. The number of aromatic nitrogens is 2. The highest BCUT2D eigenvalue weighted by Gasteiger charge is 2.34. The standard InChI is InChI=1S/C20H21ClN6O5/c1-11-7-12(8-13(21)16(11)27-4-3-25(20(27)31)9-14(28)29)26-5-6-32-18-15(19(26)30)17(22-2)23-10-24-18/h7-8,10H,3-6,9H2,1-2H3,(H,28,29)(H,22,23,24). The van der Waals surface area contributed by atoms with E-state index in [0.29, 0.717) is 29.3 Å². The van der Waals surface area contributed by atoms with Gasteiger partial charge in [-0.05, 0) is 24.6 Å². The van der Waals surface area contributed by atoms with Crippen molar-refractivity contribution < 1.29 is 24.2 Å². The Morgan fingerprint density at radius 3 is 2.69 bits per heavy atom. The van der Waals surface area contributed by atoms with Crippen LogP contribution in [-0.2, 0) is 4.79 Å². The molecule has 0 radical (unpaired) electrons. The molecule has 0 atom stereocenters. The number of nitrogens with one attached hydrogen (secondary N) is 1. The molecule has 0 bridgehead atoms. The van der Waals surface area contributed by atoms with Gasteiger partial charge in [0.15, 0.2) is 0 Å². The number of hydrogen-bond donors (Lipinski definition) is 2. The Morgan fingerprint density at radius 2 is 2.00 bits per heavy atom. The molecule has 4 rings (SSSR count). The summed E-state index contributed by atoms with van der Waals surface area (Å²) in [5.41, 5.74) is 1.93. The first kappa shape index (κ1) is 21.6. The van der Waals surface area contributed by atoms with Gasteiger partial charge in [0.1, 0.15) is 30.9 Å². The molecule has 1 aromatic heterocycles. The molecule has 1 saturated heterocycles. The Kier molecular flexibility index (Phi) is 5.74. The van der Waals surface area contributed by atoms with Crippen molar-refractivity contribution in [2.45, 2.75) is 6.92 Å². The molecule has 1 fully saturated rings. The number of amides is 3. The summed E-state index contributed by atoms with van der Waals surface area (Å²) >= 11 is 6.57. The van der Waals surface area contributed by atoms with Crippen molar-refractivity contribution in [3.63, 3.8) is 0 Å². The molecule has 1 aromatic carbocycles. The Hall–Kier alpha value is -3.60. The summed E-state index contributed by atoms with van der Waals surface area (Å²) in [7, 11) is 1.65. The van der Waals surface area contributed by atoms with Gasteiger partial charge < -0.3 is 25.0 Å². The first-order valence-electron chi connectivity index (χ1n) is 9.87. The lowest BCUT2D eigenvalue weighted by Crippen LogP contribution is -2.36. The number of carbonyl (C=O) groups is 3. The summed E-state index contributed by atoms with van der Waals surface area (Å²) in [6.07, 6.45) is 1.32. The van der Waals surface area contributed by atoms with Gasteiger partial charge in [-0.1, -0.05) is 11.6 Å². The van der Waals surface area contributed by atoms with Crippen molar-refractivity contribution in [2.24, 2.45) is 0 Å². The molecule has 32 heavy (non-hydrogen) atoms. The second-order valence-electron chi connectivity index (χ2n) is 7.30. The van der Waals surface area contributed by atoms with Crippen LogP contribution in [0.1, 0.15) is 15.9 Å². The summed E-state index contributed by atoms with van der Waals surface area (Å²) in [5, 5.41) is 12.2. The van der Waals surface area contributed by atoms with E-state index in [4.69, 9.17) is 21.4 Å². The average molecular weight is 461 g/mol. The zero-order valence-electron chi connectivity index (χ0n) is 17.5. The van der Waals surface area contributed by atoms with E-state index in [1.165, 1.54) is 21.0 Å². The van der Waals surface area contributed by atoms with Gasteiger partial charge >= 0.3 is 12.0 Å². The van der Waals surface area contributed by atoms with Crippen LogP contribution in [0.4, 0.5) is 22.0 Å². The lowest BCUT2D eigenvalue weighted by Gasteiger charge is -2.25. The molecule has 0 aliphatic carbocycles. The SMILES string of the molecule is CNc1ncnc2c1C(=O)N(c1cc(C)c(N3CCN(CC(=O)O)C3=O)c(Cl)c1)CCO2. The van der Waals surface area contributed by atoms with Crippen LogP contribution in [0.3, 0.4) is 0 Å². The predicted molar refractivity (Wildman–Crippen MR) is 117 cm³/mol. The summed E-state index contributed by atoms with van der Waals surface area (Å²) < 4.78 is 5.64. The molecular weight excluding hydrogens is 440 g/mol. The highest BCUT2D eigenvalue weighted by Crippen LogP contribution is 2.37. The van der Waals surface area contributed by atoms with Gasteiger partial charge in [0.2, 0.25) is 5.88 Å². The quantitative estimate of drug-likeness (QED) is 0.691. The molecule has 2 aliphatic heterocycles. The molecule has 11 nitrogen and oxygen atoms in total. The molecule has 0 saturated carbocycles. The van der Waals surface area contributed by atoms with Gasteiger partial charge in [-0.15, -0.1) is 0 Å². The van der Waals surface area contributed by atoms with Crippen LogP contribution in [0.2, 0.25) is 5.02 Å². The van der Waals surface area contributed by atoms with Crippen molar-refractivity contribution in [3.05, 3.63) is 34.6 Å². The minimum absolute atomic E-state index is 0.206. The van der Waals surface area contributed by atoms with Crippen LogP contribution in [-0.4, -0.2) is 77.7 Å². The third-order valence-electron chi connectivity index (χ3n) is 5.30. The van der Waals surface area contributed by atoms with E-state index in [1.54, 1.807) is 26.1 Å². The van der Waals surface area contributed by atoms with Gasteiger partial charge in [0, 0.05) is 25.8 Å². The topological polar surface area (TPSA) is 128 Å². The number of rotatable bonds is 5. The molecule has 3 heterocycles. The van der Waals surface area contributed by atoms with E-state index in [-0.39, 0.29) is 48.6 Å². The Balaban J connectivity index is 1.67. The summed E-state index contributed by atoms with van der Waals surface area (Å²) in [5.74, 6) is -0.856. The number of aliphatic carboxylic acids is 1. The maximum absolute atomic E-state index is 13.3. The number of nitrogens with zero attached hydrogens (tertiary/aromatic N) is 5. The number of fused-ring (bicyclic) bond motifs is 1. The number of halogens is 1. The first-order chi connectivity index (χ1) is 15.3. The monoisotopic (exact) mass is 460 g/mol. The summed E-state index contributed by atoms with van der Waals surface area (Å²) in [6, 6.07) is 2.96. The third kappa shape index (κ3) is 3.75. The van der Waals surface area contributed by atoms with Crippen LogP contribution < -0.4 is 19.9 Å². The number of urea groups is 1. The van der Waals surface area contributed by atoms with Gasteiger partial charge in [-0.25, -0.2) is 14.8 Å². The number of carboxylic acids is 1. The Morgan fingerprint density at radius 1 is 1.22 bits per heavy atom. The molecule has 168 valence electrons. The first-order valence-corrected chi connectivity index (χ1v) is 10.3. The van der Waals surface area contributed by atoms with Crippen molar-refractivity contribution in [1.29, 1.82) is 0 Å². The van der Waals surface area contributed by atoms with Crippen LogP contribution in [0.5, 0.6) is 5.88 Å². The van der Waals surface area contributed by atoms with Gasteiger partial charge in [0.05, 0.1) is 17.3 Å². The number of aryl methyl sites for hydroxylation is 1. The lowest BCUT2D eigenvalue weighted by atomic mass is 10.1. The number of carboxylic acid groups (broad SMARTS) is 1. The van der Waals surface area contributed by atoms with Crippen molar-refractivity contribution in [1.82, 2.24) is 14.9 Å². The van der Waals surface area contributed by atoms with Gasteiger partial charge in [-0.3, -0.25) is 14.5 Å². The predicted octanol–water partition coefficient (Wildman–Crippen LogP) is 1.85. The van der Waals surface area contributed by atoms with Crippen molar-refractivity contribution in [2.75, 3.05) is 55.0 Å². The number of carbonyl (C=O) groups excluding carboxylic acids is 2. The molecule has 2 aromatic rings. The number of anilines is 3. The van der Waals surface area contributed by atoms with Crippen LogP contribution in [0, 0.1) is 6.92 Å². The fourth-order valence-corrected chi connectivity index (χ4v) is 4.26. The lowest BCUT2D eigenvalue weighted by molar-refractivity contribution is -0.137. The van der Waals surface area contributed by atoms with Crippen LogP contribution in [0.15, 0.2) is 18.5 Å². The maximum atomic E-state index is 13.3. The fourth-order valence-electron chi connectivity index (χ4n) is 3.89. The number of ether oxygens (including phenoxy) is 1. The Bertz CT molecular complexity index is 1090. The Labute approximate surface area is 188 Å². The molecule has 12 heteroatoms. The van der Waals surface area contributed by atoms with Gasteiger partial charge in [-0.2, -0.15) is 0 Å². The van der Waals surface area contributed by atoms with E-state index in [1.807, 2.05) is 0 Å². The maximum Gasteiger partial charge on any atom is 0.325 e. The van der Waals surface area contributed by atoms with Crippen molar-refractivity contribution >= 4 is 46.7 Å². The average Bonchev–Trinajstić information content (AvgIpc) is 2.99. The molecule has 3 amide bonds. The normalized spacial score (nSPS) is 16.0. The zero-order chi connectivity index (χ0) is 23.0. The molecule has 0 spiro atoms. The molecule has 0 unspecified atom stereocenters. The molecule has 2 aliphatic rings. The smallest absolute Gasteiger partial charge is 0.325 e. The second kappa shape index (κ2) is 8.50. The molecular formula is C20H21ClN6O5. The van der Waals surface area contributed by atoms with Crippen molar-refractivity contribution in [3.8, 4) is 5.88 Å². The van der Waals surface area contributed by atoms with E-state index < -0.39 is 12.0 Å². The number of hydrogen-bond acceptors (Lipinski definition) is 7. The summed E-state index contributed by atoms with van der Waals surface area (Å²) in [6.45, 7) is 2.51. The minimum Gasteiger partial charge on any atom is -0.480 e. The third-order valence-corrected chi connectivity index (χ3v) is 5.59. The minimum atomic E-state index is -1.08. The fraction of sp³-hybridized carbons (Fsp3) is 0.350. The van der Waals surface area contributed by atoms with E-state index >= 15 is 0 Å². The highest BCUT2D eigenvalue weighted by molar-refractivity contribution is 6.34. The van der Waals surface area contributed by atoms with E-state index in [9.17, 15) is 14.4 Å². The van der Waals surface area contributed by atoms with E-state index in [2.05, 4.69) is 15.3 Å². The van der Waals surface area contributed by atoms with E-state index in [0.717, 1.165) is 0 Å². The largest absolute Gasteiger partial charge is 0.480 e. The van der Waals surface area contributed by atoms with Gasteiger partial charge in [0.25, 0.3) is 5.91 Å². The highest BCUT2D eigenvalue weighted by atomic mass is 35.5. The van der Waals surface area contributed by atoms with Crippen LogP contribution in [0.25, 0.3) is 0 Å². The van der Waals surface area contributed by atoms with Crippen LogP contribution >= 0.6 is 11.6 Å². The summed E-state index contributed by atoms with van der Waals surface area (Å²) in [4.78, 5) is 49.4. The number of benzene rings is 1.